The number of carbonyl (C=O) groups excluding carboxylic acids is 1. The van der Waals surface area contributed by atoms with Gasteiger partial charge in [0.15, 0.2) is 5.54 Å². The Morgan fingerprint density at radius 3 is 2.43 bits per heavy atom. The highest BCUT2D eigenvalue weighted by Crippen LogP contribution is 2.19. The van der Waals surface area contributed by atoms with Crippen LogP contribution in [0, 0.1) is 5.92 Å². The van der Waals surface area contributed by atoms with Crippen LogP contribution in [0.5, 0.6) is 0 Å². The molecule has 8 heteroatoms. The number of ether oxygens (including phenoxy) is 1. The van der Waals surface area contributed by atoms with E-state index in [4.69, 9.17) is 15.6 Å². The molecule has 0 saturated heterocycles. The monoisotopic (exact) mass is 338 g/mol. The number of amides is 1. The fourth-order valence-electron chi connectivity index (χ4n) is 2.02. The Labute approximate surface area is 135 Å². The van der Waals surface area contributed by atoms with Crippen LogP contribution in [-0.4, -0.2) is 42.3 Å². The van der Waals surface area contributed by atoms with Crippen LogP contribution >= 0.6 is 0 Å². The van der Waals surface area contributed by atoms with Gasteiger partial charge in [-0.3, -0.25) is 0 Å². The maximum absolute atomic E-state index is 12.7. The molecule has 0 aliphatic rings. The molecule has 6 nitrogen and oxygen atoms in total. The molecular weight excluding hydrogens is 310 g/mol. The third kappa shape index (κ3) is 8.11. The van der Waals surface area contributed by atoms with Crippen LogP contribution in [-0.2, 0) is 9.53 Å². The molecule has 1 amide bonds. The lowest BCUT2D eigenvalue weighted by atomic mass is 9.95. The Bertz CT molecular complexity index is 369. The third-order valence-corrected chi connectivity index (χ3v) is 3.82. The van der Waals surface area contributed by atoms with E-state index >= 15 is 0 Å². The van der Waals surface area contributed by atoms with Crippen molar-refractivity contribution in [3.63, 3.8) is 0 Å². The number of aliphatic carboxylic acids is 1. The Hall–Kier alpha value is -1.44. The number of hydrogen-bond acceptors (Lipinski definition) is 4. The number of rotatable bonds is 12. The lowest BCUT2D eigenvalue weighted by Crippen LogP contribution is -2.54. The molecule has 0 heterocycles. The number of nitrogens with two attached hydrogens (primary N) is 1. The van der Waals surface area contributed by atoms with Crippen molar-refractivity contribution >= 4 is 12.1 Å². The first-order chi connectivity index (χ1) is 10.8. The van der Waals surface area contributed by atoms with Crippen LogP contribution in [0.3, 0.4) is 0 Å². The van der Waals surface area contributed by atoms with Gasteiger partial charge in [-0.2, -0.15) is 0 Å². The minimum atomic E-state index is -3.17. The van der Waals surface area contributed by atoms with Crippen molar-refractivity contribution in [1.29, 1.82) is 0 Å². The minimum absolute atomic E-state index is 0.0231. The summed E-state index contributed by atoms with van der Waals surface area (Å²) in [5.74, 6) is -1.44. The standard InChI is InChI=1S/C15H28F2N2O4/c1-3-5-7-11(4-2)10-23-14(22)19-9-6-8-15(18,12(16)17)13(20)21/h11-12H,3-10,18H2,1-2H3,(H,19,22)(H,20,21). The van der Waals surface area contributed by atoms with Gasteiger partial charge < -0.3 is 20.9 Å². The smallest absolute Gasteiger partial charge is 0.407 e. The Morgan fingerprint density at radius 1 is 1.30 bits per heavy atom. The van der Waals surface area contributed by atoms with Gasteiger partial charge in [-0.15, -0.1) is 0 Å². The molecule has 0 aromatic rings. The first kappa shape index (κ1) is 21.6. The summed E-state index contributed by atoms with van der Waals surface area (Å²) in [5.41, 5.74) is 2.59. The summed E-state index contributed by atoms with van der Waals surface area (Å²) in [6, 6.07) is 0. The number of unbranched alkanes of at least 4 members (excludes halogenated alkanes) is 1. The molecule has 0 spiro atoms. The predicted molar refractivity (Wildman–Crippen MR) is 82.4 cm³/mol. The number of alkyl carbamates (subject to hydrolysis) is 1. The van der Waals surface area contributed by atoms with E-state index in [1.54, 1.807) is 0 Å². The van der Waals surface area contributed by atoms with Gasteiger partial charge in [0.25, 0.3) is 6.43 Å². The Balaban J connectivity index is 4.00. The van der Waals surface area contributed by atoms with E-state index in [-0.39, 0.29) is 13.0 Å². The van der Waals surface area contributed by atoms with Crippen molar-refractivity contribution in [3.8, 4) is 0 Å². The normalized spacial score (nSPS) is 15.0. The molecule has 0 saturated carbocycles. The maximum Gasteiger partial charge on any atom is 0.407 e. The van der Waals surface area contributed by atoms with Gasteiger partial charge in [0.05, 0.1) is 6.61 Å². The average molecular weight is 338 g/mol. The number of carboxylic acid groups (broad SMARTS) is 1. The van der Waals surface area contributed by atoms with E-state index in [9.17, 15) is 18.4 Å². The summed E-state index contributed by atoms with van der Waals surface area (Å²) in [4.78, 5) is 22.3. The topological polar surface area (TPSA) is 102 Å². The quantitative estimate of drug-likeness (QED) is 0.475. The number of carboxylic acids is 1. The summed E-state index contributed by atoms with van der Waals surface area (Å²) in [5, 5.41) is 11.2. The third-order valence-electron chi connectivity index (χ3n) is 3.82. The van der Waals surface area contributed by atoms with E-state index in [0.717, 1.165) is 25.7 Å². The molecule has 0 bridgehead atoms. The summed E-state index contributed by atoms with van der Waals surface area (Å²) in [6.07, 6.45) is -0.157. The van der Waals surface area contributed by atoms with Gasteiger partial charge in [0.2, 0.25) is 0 Å². The highest BCUT2D eigenvalue weighted by atomic mass is 19.3. The van der Waals surface area contributed by atoms with E-state index in [1.807, 2.05) is 6.92 Å². The molecule has 2 atom stereocenters. The molecule has 0 radical (unpaired) electrons. The second-order valence-electron chi connectivity index (χ2n) is 5.69. The SMILES string of the molecule is CCCCC(CC)COC(=O)NCCCC(N)(C(=O)O)C(F)F. The molecular formula is C15H28F2N2O4. The van der Waals surface area contributed by atoms with Crippen LogP contribution in [0.15, 0.2) is 0 Å². The second-order valence-corrected chi connectivity index (χ2v) is 5.69. The molecule has 136 valence electrons. The highest BCUT2D eigenvalue weighted by Gasteiger charge is 2.43. The fourth-order valence-corrected chi connectivity index (χ4v) is 2.02. The van der Waals surface area contributed by atoms with Crippen molar-refractivity contribution in [1.82, 2.24) is 5.32 Å². The number of hydrogen-bond donors (Lipinski definition) is 3. The lowest BCUT2D eigenvalue weighted by Gasteiger charge is -2.23. The Kier molecular flexibility index (Phi) is 10.5. The molecule has 0 fully saturated rings. The van der Waals surface area contributed by atoms with E-state index in [0.29, 0.717) is 12.5 Å². The summed E-state index contributed by atoms with van der Waals surface area (Å²) in [6.45, 7) is 4.46. The molecule has 0 rings (SSSR count). The first-order valence-electron chi connectivity index (χ1n) is 7.98. The molecule has 0 aromatic heterocycles. The van der Waals surface area contributed by atoms with Crippen molar-refractivity contribution < 1.29 is 28.2 Å². The van der Waals surface area contributed by atoms with E-state index < -0.39 is 30.4 Å². The minimum Gasteiger partial charge on any atom is -0.480 e. The average Bonchev–Trinajstić information content (AvgIpc) is 2.51. The van der Waals surface area contributed by atoms with Gasteiger partial charge in [0, 0.05) is 6.54 Å². The van der Waals surface area contributed by atoms with E-state index in [2.05, 4.69) is 12.2 Å². The second kappa shape index (κ2) is 11.2. The summed E-state index contributed by atoms with van der Waals surface area (Å²) in [7, 11) is 0. The van der Waals surface area contributed by atoms with Crippen molar-refractivity contribution in [2.45, 2.75) is 64.3 Å². The molecule has 2 unspecified atom stereocenters. The van der Waals surface area contributed by atoms with Crippen LogP contribution < -0.4 is 11.1 Å². The number of carbonyl (C=O) groups is 2. The summed E-state index contributed by atoms with van der Waals surface area (Å²) < 4.78 is 30.4. The molecule has 4 N–H and O–H groups in total. The van der Waals surface area contributed by atoms with E-state index in [1.165, 1.54) is 0 Å². The maximum atomic E-state index is 12.7. The molecule has 0 aliphatic heterocycles. The zero-order chi connectivity index (χ0) is 17.9. The van der Waals surface area contributed by atoms with Gasteiger partial charge in [-0.1, -0.05) is 33.1 Å². The number of alkyl halides is 2. The van der Waals surface area contributed by atoms with Crippen LogP contribution in [0.2, 0.25) is 0 Å². The van der Waals surface area contributed by atoms with Crippen LogP contribution in [0.4, 0.5) is 13.6 Å². The van der Waals surface area contributed by atoms with Gasteiger partial charge >= 0.3 is 12.1 Å². The molecule has 23 heavy (non-hydrogen) atoms. The molecule has 0 aromatic carbocycles. The highest BCUT2D eigenvalue weighted by molar-refractivity contribution is 5.79. The number of nitrogens with one attached hydrogen (secondary N) is 1. The number of halogens is 2. The fraction of sp³-hybridized carbons (Fsp3) is 0.867. The van der Waals surface area contributed by atoms with Gasteiger partial charge in [0.1, 0.15) is 0 Å². The predicted octanol–water partition coefficient (Wildman–Crippen LogP) is 2.76. The lowest BCUT2D eigenvalue weighted by molar-refractivity contribution is -0.150. The Morgan fingerprint density at radius 2 is 1.96 bits per heavy atom. The van der Waals surface area contributed by atoms with Gasteiger partial charge in [-0.25, -0.2) is 18.4 Å². The van der Waals surface area contributed by atoms with Crippen LogP contribution in [0.25, 0.3) is 0 Å². The van der Waals surface area contributed by atoms with Crippen molar-refractivity contribution in [2.75, 3.05) is 13.2 Å². The summed E-state index contributed by atoms with van der Waals surface area (Å²) >= 11 is 0. The largest absolute Gasteiger partial charge is 0.480 e. The zero-order valence-electron chi connectivity index (χ0n) is 13.8. The molecule has 0 aliphatic carbocycles. The van der Waals surface area contributed by atoms with Crippen molar-refractivity contribution in [2.24, 2.45) is 11.7 Å². The van der Waals surface area contributed by atoms with Crippen molar-refractivity contribution in [3.05, 3.63) is 0 Å². The van der Waals surface area contributed by atoms with Crippen LogP contribution in [0.1, 0.15) is 52.4 Å². The first-order valence-corrected chi connectivity index (χ1v) is 7.98. The van der Waals surface area contributed by atoms with Gasteiger partial charge in [-0.05, 0) is 25.2 Å². The zero-order valence-corrected chi connectivity index (χ0v) is 13.8.